The van der Waals surface area contributed by atoms with Crippen molar-refractivity contribution < 1.29 is 0 Å². The van der Waals surface area contributed by atoms with E-state index in [9.17, 15) is 0 Å². The second-order valence-electron chi connectivity index (χ2n) is 4.89. The van der Waals surface area contributed by atoms with E-state index < -0.39 is 0 Å². The third-order valence-electron chi connectivity index (χ3n) is 3.50. The first-order valence-corrected chi connectivity index (χ1v) is 6.73. The molecule has 1 nitrogen and oxygen atoms in total. The van der Waals surface area contributed by atoms with E-state index in [1.807, 2.05) is 24.3 Å². The van der Waals surface area contributed by atoms with Crippen LogP contribution in [-0.2, 0) is 12.8 Å². The molecule has 2 aromatic carbocycles. The van der Waals surface area contributed by atoms with Gasteiger partial charge in [0.05, 0.1) is 0 Å². The van der Waals surface area contributed by atoms with Crippen LogP contribution in [-0.4, -0.2) is 6.04 Å². The van der Waals surface area contributed by atoms with Gasteiger partial charge in [0.1, 0.15) is 0 Å². The molecule has 1 aliphatic carbocycles. The van der Waals surface area contributed by atoms with Crippen LogP contribution >= 0.6 is 11.6 Å². The van der Waals surface area contributed by atoms with Crippen LogP contribution in [0.5, 0.6) is 0 Å². The highest BCUT2D eigenvalue weighted by atomic mass is 35.5. The lowest BCUT2D eigenvalue weighted by molar-refractivity contribution is 0.774. The molecule has 1 unspecified atom stereocenters. The van der Waals surface area contributed by atoms with Crippen LogP contribution in [0.2, 0.25) is 5.02 Å². The predicted octanol–water partition coefficient (Wildman–Crippen LogP) is 3.90. The molecule has 94 valence electrons. The summed E-state index contributed by atoms with van der Waals surface area (Å²) in [5.74, 6) is 2.66. The van der Waals surface area contributed by atoms with Crippen LogP contribution < -0.4 is 5.32 Å². The maximum Gasteiger partial charge on any atom is 0.0408 e. The molecule has 0 saturated carbocycles. The van der Waals surface area contributed by atoms with Crippen LogP contribution in [0.25, 0.3) is 0 Å². The van der Waals surface area contributed by atoms with Crippen molar-refractivity contribution in [3.8, 4) is 12.3 Å². The molecule has 2 aromatic rings. The summed E-state index contributed by atoms with van der Waals surface area (Å²) in [6, 6.07) is 14.5. The Kier molecular flexibility index (Phi) is 3.19. The van der Waals surface area contributed by atoms with Crippen LogP contribution in [0.15, 0.2) is 42.5 Å². The van der Waals surface area contributed by atoms with Crippen LogP contribution in [0, 0.1) is 12.3 Å². The quantitative estimate of drug-likeness (QED) is 0.814. The van der Waals surface area contributed by atoms with Gasteiger partial charge in [0.15, 0.2) is 0 Å². The molecule has 3 rings (SSSR count). The smallest absolute Gasteiger partial charge is 0.0408 e. The van der Waals surface area contributed by atoms with E-state index in [1.165, 1.54) is 11.1 Å². The minimum Gasteiger partial charge on any atom is -0.382 e. The number of fused-ring (bicyclic) bond motifs is 1. The Bertz CT molecular complexity index is 655. The first kappa shape index (κ1) is 12.1. The van der Waals surface area contributed by atoms with Crippen LogP contribution in [0.4, 0.5) is 5.69 Å². The summed E-state index contributed by atoms with van der Waals surface area (Å²) in [4.78, 5) is 0. The molecule has 0 bridgehead atoms. The average molecular weight is 268 g/mol. The number of anilines is 1. The Morgan fingerprint density at radius 1 is 1.11 bits per heavy atom. The molecule has 0 saturated heterocycles. The van der Waals surface area contributed by atoms with E-state index in [0.29, 0.717) is 6.04 Å². The van der Waals surface area contributed by atoms with Crippen molar-refractivity contribution in [2.75, 3.05) is 5.32 Å². The fourth-order valence-corrected chi connectivity index (χ4v) is 2.82. The Morgan fingerprint density at radius 2 is 1.95 bits per heavy atom. The van der Waals surface area contributed by atoms with E-state index in [4.69, 9.17) is 18.0 Å². The van der Waals surface area contributed by atoms with Gasteiger partial charge in [-0.05, 0) is 54.3 Å². The van der Waals surface area contributed by atoms with Crippen LogP contribution in [0.1, 0.15) is 16.7 Å². The zero-order valence-electron chi connectivity index (χ0n) is 10.5. The first-order valence-electron chi connectivity index (χ1n) is 6.35. The van der Waals surface area contributed by atoms with Crippen molar-refractivity contribution in [1.82, 2.24) is 0 Å². The van der Waals surface area contributed by atoms with Crippen molar-refractivity contribution in [2.45, 2.75) is 18.9 Å². The molecular weight excluding hydrogens is 254 g/mol. The highest BCUT2D eigenvalue weighted by Gasteiger charge is 2.21. The number of hydrogen-bond acceptors (Lipinski definition) is 1. The molecule has 1 N–H and O–H groups in total. The van der Waals surface area contributed by atoms with Crippen molar-refractivity contribution in [1.29, 1.82) is 0 Å². The lowest BCUT2D eigenvalue weighted by atomic mass is 10.1. The van der Waals surface area contributed by atoms with Gasteiger partial charge in [0.25, 0.3) is 0 Å². The maximum atomic E-state index is 6.03. The van der Waals surface area contributed by atoms with Crippen molar-refractivity contribution in [2.24, 2.45) is 0 Å². The third kappa shape index (κ3) is 2.59. The molecule has 1 aliphatic rings. The van der Waals surface area contributed by atoms with Crippen molar-refractivity contribution in [3.05, 3.63) is 64.2 Å². The summed E-state index contributed by atoms with van der Waals surface area (Å²) >= 11 is 6.03. The second-order valence-corrected chi connectivity index (χ2v) is 5.32. The topological polar surface area (TPSA) is 12.0 Å². The van der Waals surface area contributed by atoms with Gasteiger partial charge < -0.3 is 5.32 Å². The zero-order valence-corrected chi connectivity index (χ0v) is 11.2. The molecule has 2 heteroatoms. The highest BCUT2D eigenvalue weighted by Crippen LogP contribution is 2.27. The predicted molar refractivity (Wildman–Crippen MR) is 80.6 cm³/mol. The van der Waals surface area contributed by atoms with Crippen LogP contribution in [0.3, 0.4) is 0 Å². The number of benzene rings is 2. The van der Waals surface area contributed by atoms with E-state index in [-0.39, 0.29) is 0 Å². The lowest BCUT2D eigenvalue weighted by Crippen LogP contribution is -2.19. The summed E-state index contributed by atoms with van der Waals surface area (Å²) in [7, 11) is 0. The van der Waals surface area contributed by atoms with Gasteiger partial charge in [-0.25, -0.2) is 0 Å². The van der Waals surface area contributed by atoms with Gasteiger partial charge in [-0.15, -0.1) is 6.42 Å². The Morgan fingerprint density at radius 3 is 2.79 bits per heavy atom. The fourth-order valence-electron chi connectivity index (χ4n) is 2.62. The van der Waals surface area contributed by atoms with Gasteiger partial charge >= 0.3 is 0 Å². The molecule has 0 aliphatic heterocycles. The Balaban J connectivity index is 1.75. The largest absolute Gasteiger partial charge is 0.382 e. The molecule has 0 fully saturated rings. The summed E-state index contributed by atoms with van der Waals surface area (Å²) in [6.45, 7) is 0. The van der Waals surface area contributed by atoms with Crippen molar-refractivity contribution >= 4 is 17.3 Å². The number of nitrogens with one attached hydrogen (secondary N) is 1. The van der Waals surface area contributed by atoms with E-state index >= 15 is 0 Å². The molecule has 19 heavy (non-hydrogen) atoms. The zero-order chi connectivity index (χ0) is 13.2. The molecule has 0 amide bonds. The first-order chi connectivity index (χ1) is 9.24. The molecule has 0 aromatic heterocycles. The summed E-state index contributed by atoms with van der Waals surface area (Å²) < 4.78 is 0. The van der Waals surface area contributed by atoms with Gasteiger partial charge in [-0.1, -0.05) is 29.7 Å². The summed E-state index contributed by atoms with van der Waals surface area (Å²) in [6.07, 6.45) is 7.46. The normalized spacial score (nSPS) is 16.7. The Labute approximate surface area is 118 Å². The monoisotopic (exact) mass is 267 g/mol. The third-order valence-corrected chi connectivity index (χ3v) is 3.74. The summed E-state index contributed by atoms with van der Waals surface area (Å²) in [5, 5.41) is 4.36. The summed E-state index contributed by atoms with van der Waals surface area (Å²) in [5.41, 5.74) is 4.72. The number of terminal acetylenes is 1. The van der Waals surface area contributed by atoms with Crippen molar-refractivity contribution in [3.63, 3.8) is 0 Å². The minimum atomic E-state index is 0.418. The minimum absolute atomic E-state index is 0.418. The number of rotatable bonds is 2. The average Bonchev–Trinajstić information content (AvgIpc) is 2.80. The molecule has 1 atom stereocenters. The molecular formula is C17H14ClN. The molecule has 0 spiro atoms. The standard InChI is InChI=1S/C17H14ClN/c1-2-12-4-3-5-16(8-12)19-17-10-13-6-7-15(18)9-14(13)11-17/h1,3-9,17,19H,10-11H2. The van der Waals surface area contributed by atoms with E-state index in [1.54, 1.807) is 0 Å². The van der Waals surface area contributed by atoms with E-state index in [2.05, 4.69) is 29.4 Å². The molecule has 0 radical (unpaired) electrons. The molecule has 0 heterocycles. The fraction of sp³-hybridized carbons (Fsp3) is 0.176. The number of halogens is 1. The van der Waals surface area contributed by atoms with Gasteiger partial charge in [-0.2, -0.15) is 0 Å². The van der Waals surface area contributed by atoms with Gasteiger partial charge in [0, 0.05) is 22.3 Å². The van der Waals surface area contributed by atoms with Gasteiger partial charge in [0.2, 0.25) is 0 Å². The second kappa shape index (κ2) is 4.99. The SMILES string of the molecule is C#Cc1cccc(NC2Cc3ccc(Cl)cc3C2)c1. The number of hydrogen-bond donors (Lipinski definition) is 1. The van der Waals surface area contributed by atoms with Gasteiger partial charge in [-0.3, -0.25) is 0 Å². The lowest BCUT2D eigenvalue weighted by Gasteiger charge is -2.13. The van der Waals surface area contributed by atoms with E-state index in [0.717, 1.165) is 29.1 Å². The highest BCUT2D eigenvalue weighted by molar-refractivity contribution is 6.30. The maximum absolute atomic E-state index is 6.03. The Hall–Kier alpha value is -1.91.